The lowest BCUT2D eigenvalue weighted by Crippen LogP contribution is -2.34. The molecule has 1 aromatic rings. The number of rotatable bonds is 3. The van der Waals surface area contributed by atoms with Crippen molar-refractivity contribution in [1.82, 2.24) is 4.90 Å². The van der Waals surface area contributed by atoms with Crippen LogP contribution in [0.15, 0.2) is 18.2 Å². The Balaban J connectivity index is 2.03. The summed E-state index contributed by atoms with van der Waals surface area (Å²) < 4.78 is 5.39. The molecule has 2 N–H and O–H groups in total. The van der Waals surface area contributed by atoms with Crippen LogP contribution in [0.1, 0.15) is 30.9 Å². The molecule has 1 aromatic carbocycles. The van der Waals surface area contributed by atoms with E-state index in [-0.39, 0.29) is 18.0 Å². The number of likely N-dealkylation sites (tertiary alicyclic amines) is 1. The Labute approximate surface area is 117 Å². The van der Waals surface area contributed by atoms with Crippen molar-refractivity contribution in [3.63, 3.8) is 0 Å². The standard InChI is InChI=1S/C14H17ClN2O2/c1-19-12-5-2-8(15)6-10(12)14-11(16)7-13(18)17(14)9-3-4-9/h2,5-6,9,11,14H,3-4,7,16H2,1H3. The van der Waals surface area contributed by atoms with Gasteiger partial charge in [-0.15, -0.1) is 0 Å². The fourth-order valence-corrected chi connectivity index (χ4v) is 3.06. The van der Waals surface area contributed by atoms with Crippen molar-refractivity contribution in [2.24, 2.45) is 5.73 Å². The first kappa shape index (κ1) is 12.8. The molecule has 0 radical (unpaired) electrons. The lowest BCUT2D eigenvalue weighted by Gasteiger charge is -2.28. The molecule has 19 heavy (non-hydrogen) atoms. The third-order valence-electron chi connectivity index (χ3n) is 3.85. The Bertz CT molecular complexity index is 516. The van der Waals surface area contributed by atoms with Crippen LogP contribution in [0.4, 0.5) is 0 Å². The van der Waals surface area contributed by atoms with Gasteiger partial charge in [-0.3, -0.25) is 4.79 Å². The molecule has 1 amide bonds. The number of halogens is 1. The molecule has 102 valence electrons. The Morgan fingerprint density at radius 3 is 2.79 bits per heavy atom. The fourth-order valence-electron chi connectivity index (χ4n) is 2.88. The largest absolute Gasteiger partial charge is 0.496 e. The van der Waals surface area contributed by atoms with Crippen molar-refractivity contribution in [3.05, 3.63) is 28.8 Å². The van der Waals surface area contributed by atoms with E-state index in [1.165, 1.54) is 0 Å². The molecule has 0 spiro atoms. The predicted octanol–water partition coefficient (Wildman–Crippen LogP) is 2.11. The van der Waals surface area contributed by atoms with Crippen LogP contribution in [0.2, 0.25) is 5.02 Å². The van der Waals surface area contributed by atoms with Gasteiger partial charge in [0.15, 0.2) is 0 Å². The zero-order valence-corrected chi connectivity index (χ0v) is 11.6. The number of amides is 1. The Kier molecular flexibility index (Phi) is 3.15. The van der Waals surface area contributed by atoms with Crippen LogP contribution in [-0.2, 0) is 4.79 Å². The van der Waals surface area contributed by atoms with Gasteiger partial charge in [0.2, 0.25) is 5.91 Å². The third-order valence-corrected chi connectivity index (χ3v) is 4.09. The van der Waals surface area contributed by atoms with Crippen molar-refractivity contribution < 1.29 is 9.53 Å². The summed E-state index contributed by atoms with van der Waals surface area (Å²) in [7, 11) is 1.62. The van der Waals surface area contributed by atoms with Gasteiger partial charge in [-0.1, -0.05) is 11.6 Å². The second kappa shape index (κ2) is 4.69. The molecule has 2 atom stereocenters. The lowest BCUT2D eigenvalue weighted by molar-refractivity contribution is -0.129. The van der Waals surface area contributed by atoms with E-state index >= 15 is 0 Å². The van der Waals surface area contributed by atoms with Crippen LogP contribution in [0.3, 0.4) is 0 Å². The second-order valence-electron chi connectivity index (χ2n) is 5.23. The summed E-state index contributed by atoms with van der Waals surface area (Å²) >= 11 is 6.08. The topological polar surface area (TPSA) is 55.6 Å². The van der Waals surface area contributed by atoms with E-state index in [2.05, 4.69) is 0 Å². The van der Waals surface area contributed by atoms with E-state index in [9.17, 15) is 4.79 Å². The predicted molar refractivity (Wildman–Crippen MR) is 73.2 cm³/mol. The highest BCUT2D eigenvalue weighted by molar-refractivity contribution is 6.30. The maximum atomic E-state index is 12.1. The van der Waals surface area contributed by atoms with Gasteiger partial charge >= 0.3 is 0 Å². The minimum atomic E-state index is -0.194. The average Bonchev–Trinajstić information content (AvgIpc) is 3.15. The first-order valence-corrected chi connectivity index (χ1v) is 6.90. The molecule has 1 aliphatic carbocycles. The maximum Gasteiger partial charge on any atom is 0.225 e. The third kappa shape index (κ3) is 2.19. The summed E-state index contributed by atoms with van der Waals surface area (Å²) in [5, 5.41) is 0.637. The summed E-state index contributed by atoms with van der Waals surface area (Å²) in [4.78, 5) is 14.0. The van der Waals surface area contributed by atoms with E-state index < -0.39 is 0 Å². The lowest BCUT2D eigenvalue weighted by atomic mass is 9.99. The van der Waals surface area contributed by atoms with Crippen LogP contribution in [0.25, 0.3) is 0 Å². The fraction of sp³-hybridized carbons (Fsp3) is 0.500. The maximum absolute atomic E-state index is 12.1. The van der Waals surface area contributed by atoms with Crippen molar-refractivity contribution >= 4 is 17.5 Å². The van der Waals surface area contributed by atoms with Gasteiger partial charge in [0.05, 0.1) is 13.2 Å². The Morgan fingerprint density at radius 1 is 1.42 bits per heavy atom. The van der Waals surface area contributed by atoms with E-state index in [0.29, 0.717) is 17.5 Å². The van der Waals surface area contributed by atoms with Gasteiger partial charge in [-0.25, -0.2) is 0 Å². The summed E-state index contributed by atoms with van der Waals surface area (Å²) in [6.07, 6.45) is 2.53. The highest BCUT2D eigenvalue weighted by atomic mass is 35.5. The number of nitrogens with zero attached hydrogens (tertiary/aromatic N) is 1. The molecule has 0 bridgehead atoms. The molecule has 1 saturated heterocycles. The summed E-state index contributed by atoms with van der Waals surface area (Å²) in [5.74, 6) is 0.882. The van der Waals surface area contributed by atoms with Crippen molar-refractivity contribution in [1.29, 1.82) is 0 Å². The number of benzene rings is 1. The van der Waals surface area contributed by atoms with E-state index in [4.69, 9.17) is 22.1 Å². The van der Waals surface area contributed by atoms with E-state index in [0.717, 1.165) is 24.2 Å². The van der Waals surface area contributed by atoms with Gasteiger partial charge in [-0.2, -0.15) is 0 Å². The van der Waals surface area contributed by atoms with Crippen LogP contribution in [-0.4, -0.2) is 30.0 Å². The highest BCUT2D eigenvalue weighted by Crippen LogP contribution is 2.44. The monoisotopic (exact) mass is 280 g/mol. The van der Waals surface area contributed by atoms with Crippen molar-refractivity contribution in [2.75, 3.05) is 7.11 Å². The van der Waals surface area contributed by atoms with Gasteiger partial charge < -0.3 is 15.4 Å². The minimum absolute atomic E-state index is 0.117. The zero-order chi connectivity index (χ0) is 13.6. The number of hydrogen-bond donors (Lipinski definition) is 1. The molecule has 2 fully saturated rings. The molecular weight excluding hydrogens is 264 g/mol. The molecule has 5 heteroatoms. The van der Waals surface area contributed by atoms with E-state index in [1.807, 2.05) is 17.0 Å². The van der Waals surface area contributed by atoms with Gasteiger partial charge in [-0.05, 0) is 31.0 Å². The Hall–Kier alpha value is -1.26. The van der Waals surface area contributed by atoms with Crippen LogP contribution >= 0.6 is 11.6 Å². The van der Waals surface area contributed by atoms with E-state index in [1.54, 1.807) is 13.2 Å². The summed E-state index contributed by atoms with van der Waals surface area (Å²) in [6.45, 7) is 0. The number of ether oxygens (including phenoxy) is 1. The number of hydrogen-bond acceptors (Lipinski definition) is 3. The zero-order valence-electron chi connectivity index (χ0n) is 10.8. The SMILES string of the molecule is COc1ccc(Cl)cc1C1C(N)CC(=O)N1C1CC1. The molecule has 2 unspecified atom stereocenters. The number of carbonyl (C=O) groups is 1. The molecule has 4 nitrogen and oxygen atoms in total. The van der Waals surface area contributed by atoms with Crippen molar-refractivity contribution in [3.8, 4) is 5.75 Å². The summed E-state index contributed by atoms with van der Waals surface area (Å²) in [5.41, 5.74) is 7.09. The van der Waals surface area contributed by atoms with Crippen LogP contribution in [0, 0.1) is 0 Å². The molecule has 3 rings (SSSR count). The number of nitrogens with two attached hydrogens (primary N) is 1. The van der Waals surface area contributed by atoms with Crippen LogP contribution < -0.4 is 10.5 Å². The van der Waals surface area contributed by atoms with Crippen molar-refractivity contribution in [2.45, 2.75) is 37.4 Å². The molecular formula is C14H17ClN2O2. The van der Waals surface area contributed by atoms with Gasteiger partial charge in [0, 0.05) is 29.1 Å². The van der Waals surface area contributed by atoms with Gasteiger partial charge in [0.1, 0.15) is 5.75 Å². The first-order valence-electron chi connectivity index (χ1n) is 6.52. The quantitative estimate of drug-likeness (QED) is 0.923. The Morgan fingerprint density at radius 2 is 2.16 bits per heavy atom. The van der Waals surface area contributed by atoms with Crippen LogP contribution in [0.5, 0.6) is 5.75 Å². The number of methoxy groups -OCH3 is 1. The molecule has 0 aromatic heterocycles. The molecule has 1 aliphatic heterocycles. The minimum Gasteiger partial charge on any atom is -0.496 e. The highest BCUT2D eigenvalue weighted by Gasteiger charge is 2.46. The second-order valence-corrected chi connectivity index (χ2v) is 5.67. The smallest absolute Gasteiger partial charge is 0.225 e. The molecule has 2 aliphatic rings. The normalized spacial score (nSPS) is 26.9. The molecule has 1 saturated carbocycles. The summed E-state index contributed by atoms with van der Waals surface area (Å²) in [6, 6.07) is 5.51. The first-order chi connectivity index (χ1) is 9.11. The number of carbonyl (C=O) groups excluding carboxylic acids is 1. The average molecular weight is 281 g/mol. The van der Waals surface area contributed by atoms with Gasteiger partial charge in [0.25, 0.3) is 0 Å². The molecule has 1 heterocycles.